The van der Waals surface area contributed by atoms with Crippen molar-refractivity contribution in [3.63, 3.8) is 0 Å². The van der Waals surface area contributed by atoms with Gasteiger partial charge in [0.25, 0.3) is 0 Å². The van der Waals surface area contributed by atoms with Gasteiger partial charge in [-0.2, -0.15) is 0 Å². The van der Waals surface area contributed by atoms with Gasteiger partial charge in [0.15, 0.2) is 5.84 Å². The van der Waals surface area contributed by atoms with Gasteiger partial charge in [-0.25, -0.2) is 4.99 Å². The molecule has 9 rings (SSSR count). The molecule has 0 heterocycles. The summed E-state index contributed by atoms with van der Waals surface area (Å²) in [6, 6.07) is 66.0. The van der Waals surface area contributed by atoms with Gasteiger partial charge >= 0.3 is 0 Å². The van der Waals surface area contributed by atoms with Crippen LogP contribution in [0, 0.1) is 5.41 Å². The van der Waals surface area contributed by atoms with Crippen molar-refractivity contribution in [1.82, 2.24) is 0 Å². The van der Waals surface area contributed by atoms with E-state index in [1.807, 2.05) is 48.5 Å². The van der Waals surface area contributed by atoms with Crippen LogP contribution in [0.3, 0.4) is 0 Å². The molecule has 0 amide bonds. The van der Waals surface area contributed by atoms with Gasteiger partial charge in [0.1, 0.15) is 0 Å². The second-order valence-corrected chi connectivity index (χ2v) is 13.1. The number of allylic oxidation sites excluding steroid dienone is 1. The zero-order valence-electron chi connectivity index (χ0n) is 28.5. The van der Waals surface area contributed by atoms with Crippen LogP contribution in [0.2, 0.25) is 0 Å². The minimum absolute atomic E-state index is 0.225. The van der Waals surface area contributed by atoms with Crippen molar-refractivity contribution in [3.8, 4) is 22.3 Å². The van der Waals surface area contributed by atoms with E-state index in [0.29, 0.717) is 0 Å². The first kappa shape index (κ1) is 31.1. The Morgan fingerprint density at radius 2 is 1.10 bits per heavy atom. The first-order valence-electron chi connectivity index (χ1n) is 17.6. The maximum Gasteiger partial charge on any atom is 0.152 e. The highest BCUT2D eigenvalue weighted by Gasteiger charge is 2.14. The van der Waals surface area contributed by atoms with Gasteiger partial charge in [-0.1, -0.05) is 176 Å². The normalized spacial score (nSPS) is 12.0. The predicted octanol–water partition coefficient (Wildman–Crippen LogP) is 13.2. The van der Waals surface area contributed by atoms with Crippen LogP contribution in [0.4, 0.5) is 0 Å². The number of aliphatic imine (C=N–C) groups is 1. The first-order chi connectivity index (χ1) is 25.7. The maximum atomic E-state index is 8.89. The van der Waals surface area contributed by atoms with Crippen LogP contribution in [0.5, 0.6) is 0 Å². The molecular weight excluding hydrogens is 629 g/mol. The molecular formula is C50H34N2. The Morgan fingerprint density at radius 1 is 0.442 bits per heavy atom. The molecule has 244 valence electrons. The van der Waals surface area contributed by atoms with Crippen molar-refractivity contribution in [2.75, 3.05) is 0 Å². The standard InChI is InChI=1S/C50H34N2/c51-50(37-16-5-2-6-17-37)52-48(45-22-12-11-19-42(45)35-13-3-1-4-14-35)30-24-34-23-25-39-32-41(27-26-38(39)31-34)49-44-21-10-8-18-40(44)33-47-43-20-9-7-15-36(43)28-29-46(47)49/h1-33,51H/b30-24+,51-50?,52-48?. The van der Waals surface area contributed by atoms with Gasteiger partial charge in [0.05, 0.1) is 5.71 Å². The smallest absolute Gasteiger partial charge is 0.152 e. The van der Waals surface area contributed by atoms with E-state index < -0.39 is 0 Å². The molecule has 2 heteroatoms. The van der Waals surface area contributed by atoms with Crippen LogP contribution in [0.15, 0.2) is 199 Å². The lowest BCUT2D eigenvalue weighted by atomic mass is 9.89. The van der Waals surface area contributed by atoms with E-state index in [2.05, 4.69) is 152 Å². The summed E-state index contributed by atoms with van der Waals surface area (Å²) in [5, 5.41) is 18.8. The Bertz CT molecular complexity index is 2850. The monoisotopic (exact) mass is 662 g/mol. The number of hydrogen-bond donors (Lipinski definition) is 1. The summed E-state index contributed by atoms with van der Waals surface area (Å²) < 4.78 is 0. The van der Waals surface area contributed by atoms with Crippen molar-refractivity contribution < 1.29 is 0 Å². The second kappa shape index (κ2) is 13.4. The van der Waals surface area contributed by atoms with Crippen molar-refractivity contribution in [1.29, 1.82) is 5.41 Å². The van der Waals surface area contributed by atoms with Crippen LogP contribution in [0.25, 0.3) is 71.4 Å². The Labute approximate surface area is 303 Å². The zero-order valence-corrected chi connectivity index (χ0v) is 28.5. The molecule has 0 aliphatic carbocycles. The van der Waals surface area contributed by atoms with E-state index in [9.17, 15) is 0 Å². The summed E-state index contributed by atoms with van der Waals surface area (Å²) in [6.45, 7) is 0. The molecule has 0 aliphatic rings. The minimum atomic E-state index is 0.225. The van der Waals surface area contributed by atoms with Gasteiger partial charge in [-0.05, 0) is 95.2 Å². The Hall–Kier alpha value is -6.90. The highest BCUT2D eigenvalue weighted by molar-refractivity contribution is 6.21. The van der Waals surface area contributed by atoms with Gasteiger partial charge in [-0.15, -0.1) is 0 Å². The number of nitrogens with zero attached hydrogens (tertiary/aromatic N) is 1. The highest BCUT2D eigenvalue weighted by atomic mass is 14.8. The molecule has 2 nitrogen and oxygen atoms in total. The van der Waals surface area contributed by atoms with Crippen molar-refractivity contribution >= 4 is 60.7 Å². The molecule has 0 saturated carbocycles. The van der Waals surface area contributed by atoms with Gasteiger partial charge in [0.2, 0.25) is 0 Å². The van der Waals surface area contributed by atoms with Crippen LogP contribution in [-0.4, -0.2) is 11.5 Å². The van der Waals surface area contributed by atoms with Crippen molar-refractivity contribution in [3.05, 3.63) is 211 Å². The maximum absolute atomic E-state index is 8.89. The van der Waals surface area contributed by atoms with Gasteiger partial charge < -0.3 is 0 Å². The quantitative estimate of drug-likeness (QED) is 0.0796. The number of amidine groups is 1. The fourth-order valence-electron chi connectivity index (χ4n) is 7.37. The molecule has 1 N–H and O–H groups in total. The van der Waals surface area contributed by atoms with Crippen LogP contribution in [-0.2, 0) is 0 Å². The van der Waals surface area contributed by atoms with Crippen molar-refractivity contribution in [2.24, 2.45) is 4.99 Å². The molecule has 0 fully saturated rings. The third kappa shape index (κ3) is 5.87. The third-order valence-electron chi connectivity index (χ3n) is 9.92. The molecule has 0 spiro atoms. The van der Waals surface area contributed by atoms with E-state index in [-0.39, 0.29) is 5.84 Å². The summed E-state index contributed by atoms with van der Waals surface area (Å²) in [4.78, 5) is 4.91. The predicted molar refractivity (Wildman–Crippen MR) is 223 cm³/mol. The zero-order chi connectivity index (χ0) is 34.9. The van der Waals surface area contributed by atoms with E-state index in [1.54, 1.807) is 0 Å². The van der Waals surface area contributed by atoms with E-state index in [4.69, 9.17) is 10.4 Å². The van der Waals surface area contributed by atoms with Gasteiger partial charge in [-0.3, -0.25) is 5.41 Å². The molecule has 0 unspecified atom stereocenters. The summed E-state index contributed by atoms with van der Waals surface area (Å²) >= 11 is 0. The number of benzene rings is 9. The average Bonchev–Trinajstić information content (AvgIpc) is 3.21. The topological polar surface area (TPSA) is 36.2 Å². The first-order valence-corrected chi connectivity index (χ1v) is 17.6. The molecule has 52 heavy (non-hydrogen) atoms. The summed E-state index contributed by atoms with van der Waals surface area (Å²) in [7, 11) is 0. The molecule has 0 saturated heterocycles. The highest BCUT2D eigenvalue weighted by Crippen LogP contribution is 2.40. The fraction of sp³-hybridized carbons (Fsp3) is 0. The molecule has 0 radical (unpaired) electrons. The van der Waals surface area contributed by atoms with E-state index >= 15 is 0 Å². The third-order valence-corrected chi connectivity index (χ3v) is 9.92. The van der Waals surface area contributed by atoms with E-state index in [1.165, 1.54) is 54.2 Å². The second-order valence-electron chi connectivity index (χ2n) is 13.1. The molecule has 0 atom stereocenters. The lowest BCUT2D eigenvalue weighted by Crippen LogP contribution is -2.05. The summed E-state index contributed by atoms with van der Waals surface area (Å²) in [5.41, 5.74) is 8.22. The number of hydrogen-bond acceptors (Lipinski definition) is 1. The number of fused-ring (bicyclic) bond motifs is 5. The molecule has 9 aromatic rings. The Kier molecular flexibility index (Phi) is 8.03. The SMILES string of the molecule is N=C(N=C(/C=C/c1ccc2cc(-c3c4ccccc4cc4c3ccc3ccccc34)ccc2c1)c1ccccc1-c1ccccc1)c1ccccc1. The lowest BCUT2D eigenvalue weighted by molar-refractivity contribution is 1.41. The Balaban J connectivity index is 1.12. The largest absolute Gasteiger partial charge is 0.282 e. The van der Waals surface area contributed by atoms with Crippen LogP contribution in [0.1, 0.15) is 16.7 Å². The lowest BCUT2D eigenvalue weighted by Gasteiger charge is -2.15. The number of rotatable bonds is 6. The number of nitrogens with one attached hydrogen (secondary N) is 1. The Morgan fingerprint density at radius 3 is 1.94 bits per heavy atom. The van der Waals surface area contributed by atoms with Crippen LogP contribution >= 0.6 is 0 Å². The molecule has 9 aromatic carbocycles. The molecule has 0 bridgehead atoms. The minimum Gasteiger partial charge on any atom is -0.282 e. The summed E-state index contributed by atoms with van der Waals surface area (Å²) in [5.74, 6) is 0.225. The van der Waals surface area contributed by atoms with Crippen LogP contribution < -0.4 is 0 Å². The average molecular weight is 663 g/mol. The van der Waals surface area contributed by atoms with Gasteiger partial charge in [0, 0.05) is 11.1 Å². The molecule has 0 aromatic heterocycles. The fourth-order valence-corrected chi connectivity index (χ4v) is 7.37. The molecule has 0 aliphatic heterocycles. The van der Waals surface area contributed by atoms with E-state index in [0.717, 1.165) is 33.5 Å². The van der Waals surface area contributed by atoms with Crippen molar-refractivity contribution in [2.45, 2.75) is 0 Å². The summed E-state index contributed by atoms with van der Waals surface area (Å²) in [6.07, 6.45) is 4.15.